The molecule has 8 nitrogen and oxygen atoms in total. The van der Waals surface area contributed by atoms with Crippen LogP contribution in [-0.4, -0.2) is 37.9 Å². The highest BCUT2D eigenvalue weighted by atomic mass is 16.2. The standard InChI is InChI=1S/C17H26N6O2/c1-6-22-10-14(15(21-22)17(25)18-9-11(2)3)20-16(24)13(5)23-12(4)7-8-19-23/h7-8,10-11,13H,6,9H2,1-5H3,(H,18,25)(H,20,24). The molecule has 2 heterocycles. The van der Waals surface area contributed by atoms with E-state index < -0.39 is 6.04 Å². The first kappa shape index (κ1) is 18.7. The fourth-order valence-corrected chi connectivity index (χ4v) is 2.36. The number of aryl methyl sites for hydroxylation is 2. The normalized spacial score (nSPS) is 12.2. The smallest absolute Gasteiger partial charge is 0.273 e. The van der Waals surface area contributed by atoms with Crippen molar-refractivity contribution in [3.05, 3.63) is 29.8 Å². The van der Waals surface area contributed by atoms with Crippen molar-refractivity contribution < 1.29 is 9.59 Å². The molecule has 2 amide bonds. The van der Waals surface area contributed by atoms with E-state index in [0.29, 0.717) is 24.7 Å². The molecule has 2 aromatic heterocycles. The van der Waals surface area contributed by atoms with E-state index in [1.165, 1.54) is 0 Å². The highest BCUT2D eigenvalue weighted by Crippen LogP contribution is 2.17. The number of amides is 2. The molecule has 25 heavy (non-hydrogen) atoms. The third-order valence-corrected chi connectivity index (χ3v) is 3.84. The van der Waals surface area contributed by atoms with Crippen LogP contribution >= 0.6 is 0 Å². The lowest BCUT2D eigenvalue weighted by Gasteiger charge is -2.14. The molecule has 0 aliphatic carbocycles. The third-order valence-electron chi connectivity index (χ3n) is 3.84. The van der Waals surface area contributed by atoms with Crippen LogP contribution in [0.3, 0.4) is 0 Å². The Morgan fingerprint density at radius 2 is 2.00 bits per heavy atom. The maximum absolute atomic E-state index is 12.6. The second-order valence-electron chi connectivity index (χ2n) is 6.43. The molecule has 2 N–H and O–H groups in total. The summed E-state index contributed by atoms with van der Waals surface area (Å²) >= 11 is 0. The van der Waals surface area contributed by atoms with Crippen molar-refractivity contribution in [3.8, 4) is 0 Å². The first-order chi connectivity index (χ1) is 11.8. The van der Waals surface area contributed by atoms with Crippen LogP contribution in [0.15, 0.2) is 18.5 Å². The van der Waals surface area contributed by atoms with E-state index in [2.05, 4.69) is 20.8 Å². The van der Waals surface area contributed by atoms with Crippen molar-refractivity contribution in [1.82, 2.24) is 24.9 Å². The van der Waals surface area contributed by atoms with Gasteiger partial charge in [0.25, 0.3) is 5.91 Å². The molecule has 1 atom stereocenters. The molecular weight excluding hydrogens is 320 g/mol. The molecule has 136 valence electrons. The van der Waals surface area contributed by atoms with Gasteiger partial charge in [0.1, 0.15) is 6.04 Å². The summed E-state index contributed by atoms with van der Waals surface area (Å²) in [6.07, 6.45) is 3.32. The Bertz CT molecular complexity index is 746. The van der Waals surface area contributed by atoms with Crippen LogP contribution in [-0.2, 0) is 11.3 Å². The average molecular weight is 346 g/mol. The Balaban J connectivity index is 2.17. The summed E-state index contributed by atoms with van der Waals surface area (Å²) in [7, 11) is 0. The van der Waals surface area contributed by atoms with Gasteiger partial charge in [0.2, 0.25) is 5.91 Å². The molecule has 2 aromatic rings. The quantitative estimate of drug-likeness (QED) is 0.802. The van der Waals surface area contributed by atoms with Crippen molar-refractivity contribution in [2.75, 3.05) is 11.9 Å². The molecule has 0 saturated carbocycles. The molecule has 8 heteroatoms. The third kappa shape index (κ3) is 4.46. The van der Waals surface area contributed by atoms with Gasteiger partial charge in [-0.15, -0.1) is 0 Å². The van der Waals surface area contributed by atoms with Gasteiger partial charge in [-0.1, -0.05) is 13.8 Å². The number of nitrogens with zero attached hydrogens (tertiary/aromatic N) is 4. The molecule has 0 spiro atoms. The highest BCUT2D eigenvalue weighted by Gasteiger charge is 2.22. The lowest BCUT2D eigenvalue weighted by molar-refractivity contribution is -0.119. The fourth-order valence-electron chi connectivity index (χ4n) is 2.36. The van der Waals surface area contributed by atoms with Crippen LogP contribution in [0.5, 0.6) is 0 Å². The topological polar surface area (TPSA) is 93.8 Å². The zero-order valence-electron chi connectivity index (χ0n) is 15.4. The summed E-state index contributed by atoms with van der Waals surface area (Å²) in [6.45, 7) is 10.8. The van der Waals surface area contributed by atoms with Gasteiger partial charge in [-0.3, -0.25) is 19.0 Å². The van der Waals surface area contributed by atoms with Gasteiger partial charge in [0.05, 0.1) is 5.69 Å². The molecular formula is C17H26N6O2. The summed E-state index contributed by atoms with van der Waals surface area (Å²) in [5.41, 5.74) is 1.52. The van der Waals surface area contributed by atoms with Crippen LogP contribution in [0, 0.1) is 12.8 Å². The summed E-state index contributed by atoms with van der Waals surface area (Å²) in [5, 5.41) is 14.1. The van der Waals surface area contributed by atoms with E-state index in [1.807, 2.05) is 33.8 Å². The van der Waals surface area contributed by atoms with Crippen molar-refractivity contribution in [1.29, 1.82) is 0 Å². The molecule has 1 unspecified atom stereocenters. The molecule has 0 radical (unpaired) electrons. The van der Waals surface area contributed by atoms with Crippen molar-refractivity contribution in [3.63, 3.8) is 0 Å². The van der Waals surface area contributed by atoms with Crippen molar-refractivity contribution in [2.45, 2.75) is 47.2 Å². The Labute approximate surface area is 147 Å². The monoisotopic (exact) mass is 346 g/mol. The first-order valence-electron chi connectivity index (χ1n) is 8.50. The second-order valence-corrected chi connectivity index (χ2v) is 6.43. The van der Waals surface area contributed by atoms with E-state index in [1.54, 1.807) is 28.7 Å². The number of aromatic nitrogens is 4. The molecule has 0 bridgehead atoms. The maximum atomic E-state index is 12.6. The van der Waals surface area contributed by atoms with E-state index in [4.69, 9.17) is 0 Å². The predicted octanol–water partition coefficient (Wildman–Crippen LogP) is 1.99. The Morgan fingerprint density at radius 1 is 1.28 bits per heavy atom. The number of rotatable bonds is 7. The summed E-state index contributed by atoms with van der Waals surface area (Å²) in [5.74, 6) is -0.211. The van der Waals surface area contributed by atoms with Gasteiger partial charge < -0.3 is 10.6 Å². The van der Waals surface area contributed by atoms with Gasteiger partial charge in [-0.25, -0.2) is 0 Å². The number of carbonyl (C=O) groups excluding carboxylic acids is 2. The number of anilines is 1. The minimum atomic E-state index is -0.494. The fraction of sp³-hybridized carbons (Fsp3) is 0.529. The SMILES string of the molecule is CCn1cc(NC(=O)C(C)n2nccc2C)c(C(=O)NCC(C)C)n1. The summed E-state index contributed by atoms with van der Waals surface area (Å²) < 4.78 is 3.27. The van der Waals surface area contributed by atoms with Crippen LogP contribution in [0.25, 0.3) is 0 Å². The van der Waals surface area contributed by atoms with Crippen LogP contribution < -0.4 is 10.6 Å². The number of hydrogen-bond acceptors (Lipinski definition) is 4. The van der Waals surface area contributed by atoms with Crippen LogP contribution in [0.2, 0.25) is 0 Å². The van der Waals surface area contributed by atoms with E-state index in [9.17, 15) is 9.59 Å². The molecule has 0 aliphatic heterocycles. The van der Waals surface area contributed by atoms with Crippen LogP contribution in [0.4, 0.5) is 5.69 Å². The predicted molar refractivity (Wildman–Crippen MR) is 95.4 cm³/mol. The van der Waals surface area contributed by atoms with Gasteiger partial charge in [-0.05, 0) is 32.8 Å². The van der Waals surface area contributed by atoms with Gasteiger partial charge in [0.15, 0.2) is 5.69 Å². The number of carbonyl (C=O) groups is 2. The Kier molecular flexibility index (Phi) is 5.95. The molecule has 0 saturated heterocycles. The number of nitrogens with one attached hydrogen (secondary N) is 2. The lowest BCUT2D eigenvalue weighted by Crippen LogP contribution is -2.30. The highest BCUT2D eigenvalue weighted by molar-refractivity contribution is 6.03. The van der Waals surface area contributed by atoms with Crippen molar-refractivity contribution in [2.24, 2.45) is 5.92 Å². The lowest BCUT2D eigenvalue weighted by atomic mass is 10.2. The Hall–Kier alpha value is -2.64. The average Bonchev–Trinajstić information content (AvgIpc) is 3.17. The number of hydrogen-bond donors (Lipinski definition) is 2. The van der Waals surface area contributed by atoms with Gasteiger partial charge >= 0.3 is 0 Å². The summed E-state index contributed by atoms with van der Waals surface area (Å²) in [6, 6.07) is 1.34. The molecule has 0 fully saturated rings. The second kappa shape index (κ2) is 7.96. The minimum Gasteiger partial charge on any atom is -0.350 e. The maximum Gasteiger partial charge on any atom is 0.273 e. The van der Waals surface area contributed by atoms with Crippen LogP contribution in [0.1, 0.15) is 49.9 Å². The van der Waals surface area contributed by atoms with Crippen molar-refractivity contribution >= 4 is 17.5 Å². The zero-order chi connectivity index (χ0) is 18.6. The summed E-state index contributed by atoms with van der Waals surface area (Å²) in [4.78, 5) is 24.9. The molecule has 0 aromatic carbocycles. The molecule has 2 rings (SSSR count). The first-order valence-corrected chi connectivity index (χ1v) is 8.50. The van der Waals surface area contributed by atoms with E-state index >= 15 is 0 Å². The van der Waals surface area contributed by atoms with E-state index in [-0.39, 0.29) is 17.5 Å². The van der Waals surface area contributed by atoms with E-state index in [0.717, 1.165) is 5.69 Å². The largest absolute Gasteiger partial charge is 0.350 e. The van der Waals surface area contributed by atoms with Gasteiger partial charge in [-0.2, -0.15) is 10.2 Å². The Morgan fingerprint density at radius 3 is 2.56 bits per heavy atom. The zero-order valence-corrected chi connectivity index (χ0v) is 15.4. The molecule has 0 aliphatic rings. The minimum absolute atomic E-state index is 0.222. The van der Waals surface area contributed by atoms with Gasteiger partial charge in [0, 0.05) is 31.2 Å².